The molecule has 0 aliphatic rings. The fraction of sp³-hybridized carbons (Fsp3) is 0.364. The van der Waals surface area contributed by atoms with Crippen LogP contribution in [0.15, 0.2) is 18.2 Å². The van der Waals surface area contributed by atoms with Crippen molar-refractivity contribution in [1.29, 1.82) is 5.26 Å². The highest BCUT2D eigenvalue weighted by atomic mass is 19.1. The van der Waals surface area contributed by atoms with Gasteiger partial charge in [-0.1, -0.05) is 6.07 Å². The second-order valence-electron chi connectivity index (χ2n) is 3.45. The van der Waals surface area contributed by atoms with Crippen LogP contribution < -0.4 is 5.32 Å². The van der Waals surface area contributed by atoms with E-state index in [0.717, 1.165) is 0 Å². The van der Waals surface area contributed by atoms with Gasteiger partial charge in [0.05, 0.1) is 11.8 Å². The first kappa shape index (κ1) is 11.5. The molecule has 0 radical (unpaired) electrons. The summed E-state index contributed by atoms with van der Waals surface area (Å²) in [5.41, 5.74) is 0.385. The summed E-state index contributed by atoms with van der Waals surface area (Å²) >= 11 is 0. The number of anilines is 1. The third-order valence-corrected chi connectivity index (χ3v) is 2.23. The van der Waals surface area contributed by atoms with E-state index in [1.807, 2.05) is 0 Å². The van der Waals surface area contributed by atoms with Crippen LogP contribution >= 0.6 is 0 Å². The first-order valence-corrected chi connectivity index (χ1v) is 4.69. The minimum absolute atomic E-state index is 0.0231. The van der Waals surface area contributed by atoms with Gasteiger partial charge < -0.3 is 10.4 Å². The summed E-state index contributed by atoms with van der Waals surface area (Å²) in [5, 5.41) is 20.9. The molecule has 15 heavy (non-hydrogen) atoms. The molecule has 4 heteroatoms. The molecule has 0 saturated carbocycles. The molecule has 0 saturated heterocycles. The van der Waals surface area contributed by atoms with Crippen LogP contribution in [0.3, 0.4) is 0 Å². The molecule has 80 valence electrons. The van der Waals surface area contributed by atoms with Gasteiger partial charge in [0.25, 0.3) is 0 Å². The van der Waals surface area contributed by atoms with Crippen molar-refractivity contribution in [2.24, 2.45) is 0 Å². The van der Waals surface area contributed by atoms with Gasteiger partial charge in [-0.05, 0) is 26.0 Å². The van der Waals surface area contributed by atoms with Crippen molar-refractivity contribution in [2.75, 3.05) is 5.32 Å². The number of rotatable bonds is 3. The molecule has 1 aromatic carbocycles. The van der Waals surface area contributed by atoms with Crippen LogP contribution in [0.5, 0.6) is 0 Å². The highest BCUT2D eigenvalue weighted by molar-refractivity contribution is 5.58. The maximum absolute atomic E-state index is 13.2. The normalized spacial score (nSPS) is 14.1. The molecular formula is C11H13FN2O. The quantitative estimate of drug-likeness (QED) is 0.797. The predicted molar refractivity (Wildman–Crippen MR) is 55.9 cm³/mol. The van der Waals surface area contributed by atoms with Crippen LogP contribution in [-0.4, -0.2) is 17.3 Å². The maximum Gasteiger partial charge on any atom is 0.143 e. The summed E-state index contributed by atoms with van der Waals surface area (Å²) in [4.78, 5) is 0. The topological polar surface area (TPSA) is 56.0 Å². The van der Waals surface area contributed by atoms with Crippen LogP contribution in [0.2, 0.25) is 0 Å². The summed E-state index contributed by atoms with van der Waals surface area (Å²) in [6.45, 7) is 3.39. The van der Waals surface area contributed by atoms with Crippen LogP contribution in [0, 0.1) is 17.1 Å². The van der Waals surface area contributed by atoms with Crippen LogP contribution in [0.1, 0.15) is 19.4 Å². The summed E-state index contributed by atoms with van der Waals surface area (Å²) in [6, 6.07) is 5.92. The lowest BCUT2D eigenvalue weighted by atomic mass is 10.1. The first-order chi connectivity index (χ1) is 7.06. The highest BCUT2D eigenvalue weighted by Gasteiger charge is 2.12. The predicted octanol–water partition coefficient (Wildman–Crippen LogP) is 1.88. The van der Waals surface area contributed by atoms with E-state index in [2.05, 4.69) is 5.32 Å². The number of hydrogen-bond donors (Lipinski definition) is 2. The Morgan fingerprint density at radius 2 is 2.13 bits per heavy atom. The molecule has 3 nitrogen and oxygen atoms in total. The van der Waals surface area contributed by atoms with Crippen LogP contribution in [-0.2, 0) is 0 Å². The number of halogens is 1. The molecule has 0 aliphatic carbocycles. The SMILES string of the molecule is CC(O)C(C)Nc1cccc(F)c1C#N. The van der Waals surface area contributed by atoms with Gasteiger partial charge in [0, 0.05) is 6.04 Å². The lowest BCUT2D eigenvalue weighted by Gasteiger charge is -2.18. The number of nitrogens with one attached hydrogen (secondary N) is 1. The number of aliphatic hydroxyl groups excluding tert-OH is 1. The molecule has 2 unspecified atom stereocenters. The highest BCUT2D eigenvalue weighted by Crippen LogP contribution is 2.19. The minimum atomic E-state index is -0.570. The van der Waals surface area contributed by atoms with Crippen molar-refractivity contribution in [1.82, 2.24) is 0 Å². The molecule has 2 atom stereocenters. The fourth-order valence-corrected chi connectivity index (χ4v) is 1.12. The summed E-state index contributed by atoms with van der Waals surface area (Å²) in [7, 11) is 0. The molecule has 0 amide bonds. The molecule has 1 rings (SSSR count). The summed E-state index contributed by atoms with van der Waals surface area (Å²) < 4.78 is 13.2. The molecule has 1 aromatic rings. The largest absolute Gasteiger partial charge is 0.391 e. The second kappa shape index (κ2) is 4.76. The molecule has 0 aromatic heterocycles. The van der Waals surface area contributed by atoms with Crippen molar-refractivity contribution in [3.8, 4) is 6.07 Å². The number of nitrogens with zero attached hydrogens (tertiary/aromatic N) is 1. The van der Waals surface area contributed by atoms with Gasteiger partial charge in [-0.25, -0.2) is 4.39 Å². The molecule has 0 spiro atoms. The third kappa shape index (κ3) is 2.67. The lowest BCUT2D eigenvalue weighted by Crippen LogP contribution is -2.28. The molecule has 0 fully saturated rings. The third-order valence-electron chi connectivity index (χ3n) is 2.23. The zero-order valence-electron chi connectivity index (χ0n) is 8.66. The molecule has 0 bridgehead atoms. The van der Waals surface area contributed by atoms with Crippen molar-refractivity contribution in [3.63, 3.8) is 0 Å². The Morgan fingerprint density at radius 3 is 2.67 bits per heavy atom. The number of aliphatic hydroxyl groups is 1. The Bertz CT molecular complexity index is 385. The average molecular weight is 208 g/mol. The second-order valence-corrected chi connectivity index (χ2v) is 3.45. The Hall–Kier alpha value is -1.60. The van der Waals surface area contributed by atoms with Crippen molar-refractivity contribution < 1.29 is 9.50 Å². The van der Waals surface area contributed by atoms with Crippen molar-refractivity contribution >= 4 is 5.69 Å². The van der Waals surface area contributed by atoms with E-state index in [1.54, 1.807) is 26.0 Å². The Morgan fingerprint density at radius 1 is 1.47 bits per heavy atom. The lowest BCUT2D eigenvalue weighted by molar-refractivity contribution is 0.178. The van der Waals surface area contributed by atoms with Gasteiger partial charge >= 0.3 is 0 Å². The molecule has 2 N–H and O–H groups in total. The van der Waals surface area contributed by atoms with Crippen molar-refractivity contribution in [3.05, 3.63) is 29.6 Å². The molecule has 0 heterocycles. The average Bonchev–Trinajstić information content (AvgIpc) is 2.18. The standard InChI is InChI=1S/C11H13FN2O/c1-7(8(2)15)14-11-5-3-4-10(12)9(11)6-13/h3-5,7-8,14-15H,1-2H3. The summed E-state index contributed by atoms with van der Waals surface area (Å²) in [5.74, 6) is -0.555. The first-order valence-electron chi connectivity index (χ1n) is 4.69. The Balaban J connectivity index is 2.96. The van der Waals surface area contributed by atoms with E-state index in [1.165, 1.54) is 12.1 Å². The van der Waals surface area contributed by atoms with Gasteiger partial charge in [-0.3, -0.25) is 0 Å². The zero-order chi connectivity index (χ0) is 11.4. The minimum Gasteiger partial charge on any atom is -0.391 e. The number of nitriles is 1. The smallest absolute Gasteiger partial charge is 0.143 e. The fourth-order valence-electron chi connectivity index (χ4n) is 1.12. The van der Waals surface area contributed by atoms with Crippen LogP contribution in [0.25, 0.3) is 0 Å². The van der Waals surface area contributed by atoms with Crippen LogP contribution in [0.4, 0.5) is 10.1 Å². The van der Waals surface area contributed by atoms with Gasteiger partial charge in [0.15, 0.2) is 0 Å². The van der Waals surface area contributed by atoms with Gasteiger partial charge in [-0.2, -0.15) is 5.26 Å². The van der Waals surface area contributed by atoms with E-state index in [0.29, 0.717) is 5.69 Å². The van der Waals surface area contributed by atoms with Gasteiger partial charge in [-0.15, -0.1) is 0 Å². The van der Waals surface area contributed by atoms with E-state index in [9.17, 15) is 9.50 Å². The number of hydrogen-bond acceptors (Lipinski definition) is 3. The van der Waals surface area contributed by atoms with Gasteiger partial charge in [0.2, 0.25) is 0 Å². The van der Waals surface area contributed by atoms with E-state index in [4.69, 9.17) is 5.26 Å². The van der Waals surface area contributed by atoms with E-state index in [-0.39, 0.29) is 11.6 Å². The van der Waals surface area contributed by atoms with Gasteiger partial charge in [0.1, 0.15) is 17.4 Å². The molecular weight excluding hydrogens is 195 g/mol. The summed E-state index contributed by atoms with van der Waals surface area (Å²) in [6.07, 6.45) is -0.570. The monoisotopic (exact) mass is 208 g/mol. The van der Waals surface area contributed by atoms with Crippen molar-refractivity contribution in [2.45, 2.75) is 26.0 Å². The maximum atomic E-state index is 13.2. The Kier molecular flexibility index (Phi) is 3.64. The zero-order valence-corrected chi connectivity index (χ0v) is 8.66. The number of benzene rings is 1. The Labute approximate surface area is 88.2 Å². The van der Waals surface area contributed by atoms with E-state index >= 15 is 0 Å². The molecule has 0 aliphatic heterocycles. The van der Waals surface area contributed by atoms with E-state index < -0.39 is 11.9 Å².